The summed E-state index contributed by atoms with van der Waals surface area (Å²) in [5, 5.41) is 0. The van der Waals surface area contributed by atoms with Crippen LogP contribution in [0, 0.1) is 0 Å². The highest BCUT2D eigenvalue weighted by molar-refractivity contribution is 5.77. The minimum absolute atomic E-state index is 0.203. The Kier molecular flexibility index (Phi) is 4.78. The van der Waals surface area contributed by atoms with Crippen LogP contribution < -0.4 is 5.73 Å². The molecule has 1 amide bonds. The van der Waals surface area contributed by atoms with E-state index in [1.807, 2.05) is 35.2 Å². The first-order valence-electron chi connectivity index (χ1n) is 9.39. The number of fused-ring (bicyclic) bond motifs is 1. The Morgan fingerprint density at radius 1 is 1.27 bits per heavy atom. The molecule has 2 aromatic rings. The summed E-state index contributed by atoms with van der Waals surface area (Å²) < 4.78 is 5.93. The number of nitrogens with two attached hydrogens (primary N) is 1. The van der Waals surface area contributed by atoms with E-state index in [1.54, 1.807) is 0 Å². The average Bonchev–Trinajstić information content (AvgIpc) is 3.25. The number of amides is 1. The van der Waals surface area contributed by atoms with Gasteiger partial charge in [-0.3, -0.25) is 9.69 Å². The number of nitrogens with zero attached hydrogens (tertiary/aromatic N) is 3. The average molecular weight is 354 g/mol. The maximum Gasteiger partial charge on any atom is 0.226 e. The zero-order valence-electron chi connectivity index (χ0n) is 15.2. The third kappa shape index (κ3) is 3.27. The highest BCUT2D eigenvalue weighted by atomic mass is 16.4. The van der Waals surface area contributed by atoms with Gasteiger partial charge in [-0.05, 0) is 32.0 Å². The normalized spacial score (nSPS) is 23.2. The molecule has 138 valence electrons. The quantitative estimate of drug-likeness (QED) is 0.909. The molecule has 0 bridgehead atoms. The van der Waals surface area contributed by atoms with Crippen molar-refractivity contribution >= 4 is 5.91 Å². The van der Waals surface area contributed by atoms with Crippen LogP contribution in [0.3, 0.4) is 0 Å². The van der Waals surface area contributed by atoms with Gasteiger partial charge in [0.05, 0.1) is 6.54 Å². The van der Waals surface area contributed by atoms with E-state index in [0.717, 1.165) is 36.3 Å². The summed E-state index contributed by atoms with van der Waals surface area (Å²) in [4.78, 5) is 21.6. The molecule has 0 spiro atoms. The number of hydrogen-bond donors (Lipinski definition) is 1. The lowest BCUT2D eigenvalue weighted by Gasteiger charge is -2.29. The second-order valence-electron chi connectivity index (χ2n) is 7.31. The SMILES string of the molecule is CN1[C@@H](CN)CC[C@H]1CC(=O)N1CCc2oc(-c3ccccc3)nc2C1. The molecule has 26 heavy (non-hydrogen) atoms. The highest BCUT2D eigenvalue weighted by Gasteiger charge is 2.33. The van der Waals surface area contributed by atoms with Crippen LogP contribution in [-0.2, 0) is 17.8 Å². The molecule has 6 nitrogen and oxygen atoms in total. The highest BCUT2D eigenvalue weighted by Crippen LogP contribution is 2.28. The van der Waals surface area contributed by atoms with Crippen LogP contribution in [0.1, 0.15) is 30.7 Å². The fourth-order valence-corrected chi connectivity index (χ4v) is 4.07. The lowest BCUT2D eigenvalue weighted by Crippen LogP contribution is -2.42. The number of aromatic nitrogens is 1. The van der Waals surface area contributed by atoms with Gasteiger partial charge in [-0.25, -0.2) is 4.98 Å². The molecule has 3 heterocycles. The molecule has 1 fully saturated rings. The van der Waals surface area contributed by atoms with Gasteiger partial charge in [-0.1, -0.05) is 18.2 Å². The van der Waals surface area contributed by atoms with Crippen molar-refractivity contribution in [2.24, 2.45) is 5.73 Å². The molecule has 1 saturated heterocycles. The fraction of sp³-hybridized carbons (Fsp3) is 0.500. The molecule has 2 aliphatic rings. The van der Waals surface area contributed by atoms with Crippen LogP contribution in [0.15, 0.2) is 34.7 Å². The Morgan fingerprint density at radius 2 is 2.04 bits per heavy atom. The molecule has 6 heteroatoms. The summed E-state index contributed by atoms with van der Waals surface area (Å²) in [7, 11) is 2.08. The Labute approximate surface area is 154 Å². The first kappa shape index (κ1) is 17.2. The van der Waals surface area contributed by atoms with Crippen molar-refractivity contribution in [1.29, 1.82) is 0 Å². The van der Waals surface area contributed by atoms with Crippen molar-refractivity contribution in [3.63, 3.8) is 0 Å². The number of carbonyl (C=O) groups excluding carboxylic acids is 1. The van der Waals surface area contributed by atoms with Crippen molar-refractivity contribution in [3.8, 4) is 11.5 Å². The van der Waals surface area contributed by atoms with Gasteiger partial charge in [0.1, 0.15) is 11.5 Å². The second-order valence-corrected chi connectivity index (χ2v) is 7.31. The van der Waals surface area contributed by atoms with Gasteiger partial charge >= 0.3 is 0 Å². The number of hydrogen-bond acceptors (Lipinski definition) is 5. The number of rotatable bonds is 4. The minimum atomic E-state index is 0.203. The summed E-state index contributed by atoms with van der Waals surface area (Å²) >= 11 is 0. The Balaban J connectivity index is 1.42. The third-order valence-electron chi connectivity index (χ3n) is 5.77. The first-order chi connectivity index (χ1) is 12.7. The number of oxazole rings is 1. The van der Waals surface area contributed by atoms with Crippen molar-refractivity contribution in [2.75, 3.05) is 20.1 Å². The fourth-order valence-electron chi connectivity index (χ4n) is 4.07. The minimum Gasteiger partial charge on any atom is -0.441 e. The molecule has 0 aliphatic carbocycles. The number of likely N-dealkylation sites (N-methyl/N-ethyl adjacent to an activating group) is 1. The van der Waals surface area contributed by atoms with Gasteiger partial charge in [0.15, 0.2) is 0 Å². The summed E-state index contributed by atoms with van der Waals surface area (Å²) in [6, 6.07) is 10.6. The van der Waals surface area contributed by atoms with Crippen LogP contribution in [0.5, 0.6) is 0 Å². The molecule has 2 atom stereocenters. The van der Waals surface area contributed by atoms with E-state index in [-0.39, 0.29) is 5.91 Å². The van der Waals surface area contributed by atoms with Crippen LogP contribution in [0.2, 0.25) is 0 Å². The zero-order valence-corrected chi connectivity index (χ0v) is 15.2. The standard InChI is InChI=1S/C20H26N4O2/c1-23-15(7-8-16(23)12-21)11-19(25)24-10-9-18-17(13-24)22-20(26-18)14-5-3-2-4-6-14/h2-6,15-16H,7-13,21H2,1H3/t15-,16+/m0/s1. The van der Waals surface area contributed by atoms with Crippen molar-refractivity contribution < 1.29 is 9.21 Å². The Bertz CT molecular complexity index is 773. The summed E-state index contributed by atoms with van der Waals surface area (Å²) in [5.74, 6) is 1.76. The summed E-state index contributed by atoms with van der Waals surface area (Å²) in [6.45, 7) is 1.91. The Hall–Kier alpha value is -2.18. The molecule has 2 N–H and O–H groups in total. The molecule has 0 radical (unpaired) electrons. The van der Waals surface area contributed by atoms with Crippen LogP contribution in [0.4, 0.5) is 0 Å². The topological polar surface area (TPSA) is 75.6 Å². The number of likely N-dealkylation sites (tertiary alicyclic amines) is 1. The van der Waals surface area contributed by atoms with Crippen molar-refractivity contribution in [3.05, 3.63) is 41.8 Å². The third-order valence-corrected chi connectivity index (χ3v) is 5.77. The zero-order chi connectivity index (χ0) is 18.1. The van der Waals surface area contributed by atoms with Gasteiger partial charge < -0.3 is 15.1 Å². The molecule has 1 aromatic heterocycles. The van der Waals surface area contributed by atoms with E-state index in [1.165, 1.54) is 0 Å². The Morgan fingerprint density at radius 3 is 2.77 bits per heavy atom. The molecule has 0 saturated carbocycles. The molecule has 1 aromatic carbocycles. The monoisotopic (exact) mass is 354 g/mol. The lowest BCUT2D eigenvalue weighted by molar-refractivity contribution is -0.133. The van der Waals surface area contributed by atoms with E-state index in [2.05, 4.69) is 16.9 Å². The maximum absolute atomic E-state index is 12.8. The maximum atomic E-state index is 12.8. The van der Waals surface area contributed by atoms with E-state index >= 15 is 0 Å². The lowest BCUT2D eigenvalue weighted by atomic mass is 10.1. The number of carbonyl (C=O) groups is 1. The summed E-state index contributed by atoms with van der Waals surface area (Å²) in [5.41, 5.74) is 7.67. The smallest absolute Gasteiger partial charge is 0.226 e. The number of benzene rings is 1. The van der Waals surface area contributed by atoms with Crippen LogP contribution in [-0.4, -0.2) is 52.9 Å². The molecular formula is C20H26N4O2. The van der Waals surface area contributed by atoms with Gasteiger partial charge in [0, 0.05) is 43.6 Å². The van der Waals surface area contributed by atoms with Gasteiger partial charge in [-0.2, -0.15) is 0 Å². The summed E-state index contributed by atoms with van der Waals surface area (Å²) in [6.07, 6.45) is 3.42. The van der Waals surface area contributed by atoms with Crippen LogP contribution in [0.25, 0.3) is 11.5 Å². The van der Waals surface area contributed by atoms with E-state index in [9.17, 15) is 4.79 Å². The van der Waals surface area contributed by atoms with Crippen LogP contribution >= 0.6 is 0 Å². The van der Waals surface area contributed by atoms with Gasteiger partial charge in [-0.15, -0.1) is 0 Å². The second kappa shape index (κ2) is 7.21. The van der Waals surface area contributed by atoms with E-state index in [0.29, 0.717) is 44.0 Å². The largest absolute Gasteiger partial charge is 0.441 e. The van der Waals surface area contributed by atoms with Crippen molar-refractivity contribution in [1.82, 2.24) is 14.8 Å². The predicted molar refractivity (Wildman–Crippen MR) is 99.3 cm³/mol. The van der Waals surface area contributed by atoms with Gasteiger partial charge in [0.25, 0.3) is 0 Å². The molecular weight excluding hydrogens is 328 g/mol. The first-order valence-corrected chi connectivity index (χ1v) is 9.39. The molecule has 0 unspecified atom stereocenters. The molecule has 2 aliphatic heterocycles. The van der Waals surface area contributed by atoms with Crippen molar-refractivity contribution in [2.45, 2.75) is 44.3 Å². The van der Waals surface area contributed by atoms with E-state index in [4.69, 9.17) is 10.2 Å². The van der Waals surface area contributed by atoms with E-state index < -0.39 is 0 Å². The predicted octanol–water partition coefficient (Wildman–Crippen LogP) is 2.04. The van der Waals surface area contributed by atoms with Gasteiger partial charge in [0.2, 0.25) is 11.8 Å². The molecule has 4 rings (SSSR count).